The summed E-state index contributed by atoms with van der Waals surface area (Å²) in [5.41, 5.74) is 0.841. The topological polar surface area (TPSA) is 63.6 Å². The molecule has 0 bridgehead atoms. The largest absolute Gasteiger partial charge is 0.522 e. The van der Waals surface area contributed by atoms with Crippen LogP contribution in [0.3, 0.4) is 0 Å². The van der Waals surface area contributed by atoms with Crippen molar-refractivity contribution in [2.24, 2.45) is 0 Å². The summed E-state index contributed by atoms with van der Waals surface area (Å²) in [5, 5.41) is 9.39. The Hall–Kier alpha value is -1.44. The lowest BCUT2D eigenvalue weighted by molar-refractivity contribution is -0.761. The highest BCUT2D eigenvalue weighted by Crippen LogP contribution is 2.20. The molecule has 5 nitrogen and oxygen atoms in total. The Labute approximate surface area is 152 Å². The molecular formula is C17H24NO4S2+. The van der Waals surface area contributed by atoms with Gasteiger partial charge in [-0.25, -0.2) is 4.79 Å². The number of likely N-dealkylation sites (N-methyl/N-ethyl adjacent to an activating group) is 1. The number of rotatable bonds is 8. The highest BCUT2D eigenvalue weighted by Gasteiger charge is 2.47. The molecule has 1 N–H and O–H groups in total. The van der Waals surface area contributed by atoms with E-state index < -0.39 is 22.6 Å². The molecule has 1 rings (SSSR count). The standard InChI is InChI=1S/C17H23NO4S2/c1-13(16(19)20)18(2,15(23)10-7-11-24-3)17(21)22-12-14-8-5-4-6-9-14/h4-6,8-9,13H,7,10-12H2,1-3H3/p+1/t13-,18?/m0/s1. The minimum atomic E-state index is -1.08. The third-order valence-electron chi connectivity index (χ3n) is 3.97. The predicted molar refractivity (Wildman–Crippen MR) is 100 cm³/mol. The zero-order valence-electron chi connectivity index (χ0n) is 14.2. The van der Waals surface area contributed by atoms with Gasteiger partial charge in [0.25, 0.3) is 0 Å². The van der Waals surface area contributed by atoms with Gasteiger partial charge in [-0.05, 0) is 36.2 Å². The molecule has 1 amide bonds. The number of carboxylic acids is 1. The second-order valence-electron chi connectivity index (χ2n) is 5.62. The molecule has 0 spiro atoms. The maximum atomic E-state index is 12.7. The van der Waals surface area contributed by atoms with Gasteiger partial charge in [-0.2, -0.15) is 21.0 Å². The molecule has 0 fully saturated rings. The first kappa shape index (κ1) is 20.6. The summed E-state index contributed by atoms with van der Waals surface area (Å²) in [6.07, 6.45) is 2.66. The minimum Gasteiger partial charge on any atom is -0.477 e. The van der Waals surface area contributed by atoms with Crippen LogP contribution in [0.15, 0.2) is 30.3 Å². The van der Waals surface area contributed by atoms with Crippen molar-refractivity contribution in [1.82, 2.24) is 0 Å². The lowest BCUT2D eigenvalue weighted by Gasteiger charge is -2.33. The molecule has 0 saturated heterocycles. The number of thiocarbonyl (C=S) groups is 1. The fraction of sp³-hybridized carbons (Fsp3) is 0.471. The SMILES string of the molecule is CSCCCC(=S)[N+](C)(C(=O)OCc1ccccc1)[C@@H](C)C(=O)O. The molecule has 0 aliphatic heterocycles. The lowest BCUT2D eigenvalue weighted by Crippen LogP contribution is -2.61. The smallest absolute Gasteiger partial charge is 0.477 e. The van der Waals surface area contributed by atoms with Gasteiger partial charge in [0.05, 0.1) is 7.05 Å². The number of carbonyl (C=O) groups is 2. The summed E-state index contributed by atoms with van der Waals surface area (Å²) in [6, 6.07) is 8.26. The van der Waals surface area contributed by atoms with Gasteiger partial charge in [0.1, 0.15) is 6.61 Å². The number of benzene rings is 1. The van der Waals surface area contributed by atoms with Crippen LogP contribution < -0.4 is 0 Å². The Balaban J connectivity index is 2.88. The summed E-state index contributed by atoms with van der Waals surface area (Å²) in [4.78, 5) is 24.5. The molecular weight excluding hydrogens is 346 g/mol. The number of carboxylic acid groups (broad SMARTS) is 1. The summed E-state index contributed by atoms with van der Waals surface area (Å²) >= 11 is 7.09. The molecule has 0 saturated carbocycles. The Kier molecular flexibility index (Phi) is 8.38. The van der Waals surface area contributed by atoms with Crippen molar-refractivity contribution >= 4 is 41.0 Å². The first-order chi connectivity index (χ1) is 11.3. The summed E-state index contributed by atoms with van der Waals surface area (Å²) in [6.45, 7) is 1.57. The molecule has 0 aromatic heterocycles. The number of carbonyl (C=O) groups excluding carboxylic acids is 1. The fourth-order valence-electron chi connectivity index (χ4n) is 2.15. The third-order valence-corrected chi connectivity index (χ3v) is 5.25. The monoisotopic (exact) mass is 370 g/mol. The second-order valence-corrected chi connectivity index (χ2v) is 7.08. The summed E-state index contributed by atoms with van der Waals surface area (Å²) in [7, 11) is 1.52. The van der Waals surface area contributed by atoms with E-state index in [9.17, 15) is 14.7 Å². The van der Waals surface area contributed by atoms with Gasteiger partial charge in [0.15, 0.2) is 11.0 Å². The fourth-order valence-corrected chi connectivity index (χ4v) is 2.96. The maximum absolute atomic E-state index is 12.7. The molecule has 0 radical (unpaired) electrons. The van der Waals surface area contributed by atoms with Gasteiger partial charge in [0.2, 0.25) is 0 Å². The second kappa shape index (κ2) is 9.76. The first-order valence-corrected chi connectivity index (χ1v) is 9.46. The number of aliphatic carboxylic acids is 1. The van der Waals surface area contributed by atoms with Crippen molar-refractivity contribution in [3.63, 3.8) is 0 Å². The maximum Gasteiger partial charge on any atom is 0.522 e. The molecule has 0 aliphatic carbocycles. The number of nitrogens with zero attached hydrogens (tertiary/aromatic N) is 1. The van der Waals surface area contributed by atoms with Crippen molar-refractivity contribution < 1.29 is 23.9 Å². The zero-order chi connectivity index (χ0) is 18.2. The molecule has 7 heteroatoms. The molecule has 24 heavy (non-hydrogen) atoms. The van der Waals surface area contributed by atoms with Crippen molar-refractivity contribution in [2.45, 2.75) is 32.4 Å². The molecule has 2 atom stereocenters. The number of hydrogen-bond acceptors (Lipinski definition) is 5. The Bertz CT molecular complexity index is 579. The molecule has 132 valence electrons. The van der Waals surface area contributed by atoms with Crippen molar-refractivity contribution in [2.75, 3.05) is 19.1 Å². The van der Waals surface area contributed by atoms with Crippen molar-refractivity contribution in [3.8, 4) is 0 Å². The van der Waals surface area contributed by atoms with Gasteiger partial charge < -0.3 is 9.84 Å². The van der Waals surface area contributed by atoms with E-state index in [0.717, 1.165) is 17.7 Å². The van der Waals surface area contributed by atoms with Crippen LogP contribution >= 0.6 is 24.0 Å². The van der Waals surface area contributed by atoms with Crippen LogP contribution in [-0.4, -0.2) is 51.7 Å². The predicted octanol–water partition coefficient (Wildman–Crippen LogP) is 3.71. The van der Waals surface area contributed by atoms with Crippen LogP contribution in [0.2, 0.25) is 0 Å². The van der Waals surface area contributed by atoms with Crippen LogP contribution in [0, 0.1) is 0 Å². The Morgan fingerprint density at radius 2 is 1.96 bits per heavy atom. The number of ether oxygens (including phenoxy) is 1. The van der Waals surface area contributed by atoms with Crippen molar-refractivity contribution in [1.29, 1.82) is 0 Å². The van der Waals surface area contributed by atoms with Gasteiger partial charge in [-0.15, -0.1) is 0 Å². The van der Waals surface area contributed by atoms with Crippen LogP contribution in [0.1, 0.15) is 25.3 Å². The van der Waals surface area contributed by atoms with E-state index in [1.807, 2.05) is 36.6 Å². The molecule has 1 unspecified atom stereocenters. The average Bonchev–Trinajstić information content (AvgIpc) is 2.59. The zero-order valence-corrected chi connectivity index (χ0v) is 15.9. The van der Waals surface area contributed by atoms with Gasteiger partial charge in [-0.3, -0.25) is 0 Å². The highest BCUT2D eigenvalue weighted by atomic mass is 32.2. The van der Waals surface area contributed by atoms with Gasteiger partial charge in [0, 0.05) is 13.3 Å². The molecule has 0 aliphatic rings. The molecule has 0 heterocycles. The van der Waals surface area contributed by atoms with Crippen LogP contribution in [-0.2, 0) is 16.1 Å². The van der Waals surface area contributed by atoms with Crippen LogP contribution in [0.25, 0.3) is 0 Å². The minimum absolute atomic E-state index is 0.0906. The van der Waals surface area contributed by atoms with Gasteiger partial charge >= 0.3 is 12.1 Å². The summed E-state index contributed by atoms with van der Waals surface area (Å²) in [5.74, 6) is -0.179. The Morgan fingerprint density at radius 1 is 1.33 bits per heavy atom. The summed E-state index contributed by atoms with van der Waals surface area (Å²) < 4.78 is 4.85. The normalized spacial score (nSPS) is 14.5. The van der Waals surface area contributed by atoms with Crippen molar-refractivity contribution in [3.05, 3.63) is 35.9 Å². The van der Waals surface area contributed by atoms with E-state index in [-0.39, 0.29) is 6.61 Å². The van der Waals surface area contributed by atoms with E-state index in [1.165, 1.54) is 14.0 Å². The van der Waals surface area contributed by atoms with E-state index in [2.05, 4.69) is 0 Å². The van der Waals surface area contributed by atoms with E-state index in [0.29, 0.717) is 11.4 Å². The molecule has 1 aromatic rings. The molecule has 1 aromatic carbocycles. The number of quaternary nitrogens is 1. The lowest BCUT2D eigenvalue weighted by atomic mass is 10.2. The Morgan fingerprint density at radius 3 is 2.50 bits per heavy atom. The van der Waals surface area contributed by atoms with Crippen LogP contribution in [0.4, 0.5) is 4.79 Å². The average molecular weight is 371 g/mol. The third kappa shape index (κ3) is 5.29. The number of amides is 1. The highest BCUT2D eigenvalue weighted by molar-refractivity contribution is 7.98. The van der Waals surface area contributed by atoms with E-state index in [1.54, 1.807) is 11.8 Å². The first-order valence-electron chi connectivity index (χ1n) is 7.66. The number of thioether (sulfide) groups is 1. The quantitative estimate of drug-likeness (QED) is 0.427. The van der Waals surface area contributed by atoms with E-state index in [4.69, 9.17) is 17.0 Å². The van der Waals surface area contributed by atoms with Gasteiger partial charge in [-0.1, -0.05) is 30.3 Å². The van der Waals surface area contributed by atoms with Crippen LogP contribution in [0.5, 0.6) is 0 Å². The van der Waals surface area contributed by atoms with E-state index >= 15 is 0 Å². The number of hydrogen-bond donors (Lipinski definition) is 1.